The van der Waals surface area contributed by atoms with E-state index in [1.807, 2.05) is 6.92 Å². The van der Waals surface area contributed by atoms with Gasteiger partial charge in [0.2, 0.25) is 5.91 Å². The molecule has 0 aliphatic carbocycles. The molecule has 118 valence electrons. The third-order valence-corrected chi connectivity index (χ3v) is 3.10. The summed E-state index contributed by atoms with van der Waals surface area (Å²) in [6.07, 6.45) is 0.324. The first-order valence-electron chi connectivity index (χ1n) is 6.91. The number of benzene rings is 1. The molecule has 1 amide bonds. The molecule has 0 aliphatic rings. The fourth-order valence-corrected chi connectivity index (χ4v) is 2.00. The predicted molar refractivity (Wildman–Crippen MR) is 78.9 cm³/mol. The average Bonchev–Trinajstić information content (AvgIpc) is 2.47. The van der Waals surface area contributed by atoms with Crippen LogP contribution in [0.2, 0.25) is 0 Å². The Hall–Kier alpha value is -1.66. The summed E-state index contributed by atoms with van der Waals surface area (Å²) in [5.74, 6) is 0.116. The summed E-state index contributed by atoms with van der Waals surface area (Å²) in [6.45, 7) is 3.27. The van der Waals surface area contributed by atoms with Crippen molar-refractivity contribution in [3.8, 4) is 5.75 Å². The zero-order chi connectivity index (χ0) is 15.7. The van der Waals surface area contributed by atoms with Gasteiger partial charge in [0.25, 0.3) is 0 Å². The van der Waals surface area contributed by atoms with Crippen LogP contribution in [0.5, 0.6) is 5.75 Å². The summed E-state index contributed by atoms with van der Waals surface area (Å²) in [5, 5.41) is 5.85. The molecule has 0 saturated carbocycles. The molecule has 5 nitrogen and oxygen atoms in total. The SMILES string of the molecule is COCCNC(=O)CCNC(C)c1c(F)cccc1OC. The molecule has 1 unspecified atom stereocenters. The Labute approximate surface area is 124 Å². The Balaban J connectivity index is 2.44. The summed E-state index contributed by atoms with van der Waals surface area (Å²) in [5.41, 5.74) is 0.472. The highest BCUT2D eigenvalue weighted by atomic mass is 19.1. The summed E-state index contributed by atoms with van der Waals surface area (Å²) >= 11 is 0. The number of hydrogen-bond acceptors (Lipinski definition) is 4. The van der Waals surface area contributed by atoms with Gasteiger partial charge >= 0.3 is 0 Å². The van der Waals surface area contributed by atoms with Gasteiger partial charge in [-0.3, -0.25) is 4.79 Å². The lowest BCUT2D eigenvalue weighted by atomic mass is 10.1. The summed E-state index contributed by atoms with van der Waals surface area (Å²) in [4.78, 5) is 11.5. The number of methoxy groups -OCH3 is 2. The highest BCUT2D eigenvalue weighted by molar-refractivity contribution is 5.76. The van der Waals surface area contributed by atoms with Crippen molar-refractivity contribution in [2.45, 2.75) is 19.4 Å². The van der Waals surface area contributed by atoms with Gasteiger partial charge in [-0.05, 0) is 19.1 Å². The molecule has 0 saturated heterocycles. The van der Waals surface area contributed by atoms with E-state index in [1.165, 1.54) is 13.2 Å². The van der Waals surface area contributed by atoms with Crippen LogP contribution in [0.4, 0.5) is 4.39 Å². The van der Waals surface area contributed by atoms with Gasteiger partial charge in [0, 0.05) is 38.2 Å². The molecule has 21 heavy (non-hydrogen) atoms. The van der Waals surface area contributed by atoms with Gasteiger partial charge < -0.3 is 20.1 Å². The van der Waals surface area contributed by atoms with Gasteiger partial charge in [0.05, 0.1) is 13.7 Å². The Bertz CT molecular complexity index is 455. The highest BCUT2D eigenvalue weighted by Gasteiger charge is 2.16. The Morgan fingerprint density at radius 1 is 1.33 bits per heavy atom. The van der Waals surface area contributed by atoms with Crippen molar-refractivity contribution in [3.05, 3.63) is 29.6 Å². The van der Waals surface area contributed by atoms with E-state index in [4.69, 9.17) is 9.47 Å². The molecule has 1 rings (SSSR count). The average molecular weight is 298 g/mol. The van der Waals surface area contributed by atoms with Gasteiger partial charge in [-0.25, -0.2) is 4.39 Å². The second-order valence-electron chi connectivity index (χ2n) is 4.62. The van der Waals surface area contributed by atoms with Crippen molar-refractivity contribution in [1.29, 1.82) is 0 Å². The number of carbonyl (C=O) groups excluding carboxylic acids is 1. The number of carbonyl (C=O) groups is 1. The van der Waals surface area contributed by atoms with Crippen molar-refractivity contribution in [1.82, 2.24) is 10.6 Å². The van der Waals surface area contributed by atoms with Crippen molar-refractivity contribution < 1.29 is 18.7 Å². The normalized spacial score (nSPS) is 12.0. The molecular weight excluding hydrogens is 275 g/mol. The first-order valence-corrected chi connectivity index (χ1v) is 6.91. The number of halogens is 1. The summed E-state index contributed by atoms with van der Waals surface area (Å²) in [6, 6.07) is 4.47. The fraction of sp³-hybridized carbons (Fsp3) is 0.533. The van der Waals surface area contributed by atoms with Crippen molar-refractivity contribution in [2.75, 3.05) is 33.9 Å². The second-order valence-corrected chi connectivity index (χ2v) is 4.62. The van der Waals surface area contributed by atoms with Crippen LogP contribution in [0.3, 0.4) is 0 Å². The maximum absolute atomic E-state index is 13.9. The van der Waals surface area contributed by atoms with E-state index in [0.29, 0.717) is 37.4 Å². The van der Waals surface area contributed by atoms with Crippen molar-refractivity contribution >= 4 is 5.91 Å². The van der Waals surface area contributed by atoms with E-state index >= 15 is 0 Å². The van der Waals surface area contributed by atoms with Gasteiger partial charge in [-0.15, -0.1) is 0 Å². The molecule has 0 aromatic heterocycles. The van der Waals surface area contributed by atoms with Gasteiger partial charge in [0.1, 0.15) is 11.6 Å². The standard InChI is InChI=1S/C15H23FN2O3/c1-11(15-12(16)5-4-6-13(15)21-3)17-8-7-14(19)18-9-10-20-2/h4-6,11,17H,7-10H2,1-3H3,(H,18,19). The first kappa shape index (κ1) is 17.4. The summed E-state index contributed by atoms with van der Waals surface area (Å²) < 4.78 is 23.9. The van der Waals surface area contributed by atoms with Gasteiger partial charge in [-0.2, -0.15) is 0 Å². The molecule has 0 bridgehead atoms. The largest absolute Gasteiger partial charge is 0.496 e. The lowest BCUT2D eigenvalue weighted by Crippen LogP contribution is -2.31. The lowest BCUT2D eigenvalue weighted by Gasteiger charge is -2.18. The van der Waals surface area contributed by atoms with Crippen LogP contribution in [-0.4, -0.2) is 39.8 Å². The highest BCUT2D eigenvalue weighted by Crippen LogP contribution is 2.27. The van der Waals surface area contributed by atoms with Crippen molar-refractivity contribution in [3.63, 3.8) is 0 Å². The Kier molecular flexibility index (Phi) is 7.71. The molecule has 2 N–H and O–H groups in total. The molecular formula is C15H23FN2O3. The Morgan fingerprint density at radius 2 is 2.10 bits per heavy atom. The quantitative estimate of drug-likeness (QED) is 0.680. The van der Waals surface area contributed by atoms with Crippen LogP contribution >= 0.6 is 0 Å². The Morgan fingerprint density at radius 3 is 2.76 bits per heavy atom. The molecule has 1 atom stereocenters. The monoisotopic (exact) mass is 298 g/mol. The molecule has 0 fully saturated rings. The van der Waals surface area contributed by atoms with Crippen LogP contribution in [0, 0.1) is 5.82 Å². The maximum Gasteiger partial charge on any atom is 0.221 e. The van der Waals surface area contributed by atoms with E-state index in [9.17, 15) is 9.18 Å². The fourth-order valence-electron chi connectivity index (χ4n) is 2.00. The maximum atomic E-state index is 13.9. The summed E-state index contributed by atoms with van der Waals surface area (Å²) in [7, 11) is 3.09. The number of nitrogens with one attached hydrogen (secondary N) is 2. The number of ether oxygens (including phenoxy) is 2. The molecule has 0 radical (unpaired) electrons. The predicted octanol–water partition coefficient (Wildman–Crippen LogP) is 1.64. The second kappa shape index (κ2) is 9.31. The van der Waals surface area contributed by atoms with Crippen LogP contribution < -0.4 is 15.4 Å². The topological polar surface area (TPSA) is 59.6 Å². The van der Waals surface area contributed by atoms with Crippen LogP contribution in [0.25, 0.3) is 0 Å². The molecule has 1 aromatic carbocycles. The minimum absolute atomic E-state index is 0.0627. The van der Waals surface area contributed by atoms with E-state index in [0.717, 1.165) is 0 Å². The number of hydrogen-bond donors (Lipinski definition) is 2. The molecule has 0 heterocycles. The minimum Gasteiger partial charge on any atom is -0.496 e. The molecule has 0 spiro atoms. The van der Waals surface area contributed by atoms with Crippen LogP contribution in [0.1, 0.15) is 24.9 Å². The zero-order valence-corrected chi connectivity index (χ0v) is 12.7. The third-order valence-electron chi connectivity index (χ3n) is 3.10. The zero-order valence-electron chi connectivity index (χ0n) is 12.7. The molecule has 6 heteroatoms. The minimum atomic E-state index is -0.320. The number of rotatable bonds is 9. The van der Waals surface area contributed by atoms with E-state index in [1.54, 1.807) is 19.2 Å². The van der Waals surface area contributed by atoms with E-state index in [-0.39, 0.29) is 17.8 Å². The van der Waals surface area contributed by atoms with Crippen molar-refractivity contribution in [2.24, 2.45) is 0 Å². The smallest absolute Gasteiger partial charge is 0.221 e. The van der Waals surface area contributed by atoms with Gasteiger partial charge in [0.15, 0.2) is 0 Å². The number of amides is 1. The molecule has 1 aromatic rings. The van der Waals surface area contributed by atoms with E-state index < -0.39 is 0 Å². The van der Waals surface area contributed by atoms with Crippen LogP contribution in [-0.2, 0) is 9.53 Å². The molecule has 0 aliphatic heterocycles. The van der Waals surface area contributed by atoms with Crippen LogP contribution in [0.15, 0.2) is 18.2 Å². The first-order chi connectivity index (χ1) is 10.1. The van der Waals surface area contributed by atoms with Gasteiger partial charge in [-0.1, -0.05) is 6.07 Å². The third kappa shape index (κ3) is 5.69. The lowest BCUT2D eigenvalue weighted by molar-refractivity contribution is -0.121. The van der Waals surface area contributed by atoms with E-state index in [2.05, 4.69) is 10.6 Å².